The van der Waals surface area contributed by atoms with Gasteiger partial charge in [-0.05, 0) is 114 Å². The van der Waals surface area contributed by atoms with E-state index in [0.29, 0.717) is 17.9 Å². The Labute approximate surface area is 358 Å². The topological polar surface area (TPSA) is 26.9 Å². The average Bonchev–Trinajstić information content (AvgIpc) is 3.46. The molecule has 2 aliphatic rings. The van der Waals surface area contributed by atoms with E-state index in [1.807, 2.05) is 6.07 Å². The van der Waals surface area contributed by atoms with Crippen molar-refractivity contribution >= 4 is 51.5 Å². The fourth-order valence-corrected chi connectivity index (χ4v) is 9.76. The van der Waals surface area contributed by atoms with Gasteiger partial charge < -0.3 is 9.13 Å². The molecule has 4 heteroatoms. The summed E-state index contributed by atoms with van der Waals surface area (Å²) in [6.45, 7) is 8.47. The van der Waals surface area contributed by atoms with Crippen LogP contribution in [0.1, 0.15) is 65.1 Å². The van der Waals surface area contributed by atoms with Gasteiger partial charge in [0.25, 0.3) is 0 Å². The van der Waals surface area contributed by atoms with Crippen molar-refractivity contribution in [2.24, 2.45) is 5.92 Å². The molecule has 0 saturated carbocycles. The van der Waals surface area contributed by atoms with E-state index < -0.39 is 0 Å². The lowest BCUT2D eigenvalue weighted by Crippen LogP contribution is -2.07. The van der Waals surface area contributed by atoms with Crippen LogP contribution in [-0.4, -0.2) is 20.7 Å². The summed E-state index contributed by atoms with van der Waals surface area (Å²) in [7, 11) is 0. The van der Waals surface area contributed by atoms with Crippen LogP contribution in [0.5, 0.6) is 0 Å². The highest BCUT2D eigenvalue weighted by Gasteiger charge is 2.21. The van der Waals surface area contributed by atoms with E-state index in [1.54, 1.807) is 11.8 Å². The molecule has 0 saturated heterocycles. The molecule has 0 bridgehead atoms. The predicted molar refractivity (Wildman–Crippen MR) is 257 cm³/mol. The summed E-state index contributed by atoms with van der Waals surface area (Å²) in [6, 6.07) is 41.4. The molecule has 5 aromatic carbocycles. The number of hydrogen-bond acceptors (Lipinski definition) is 2. The summed E-state index contributed by atoms with van der Waals surface area (Å²) in [4.78, 5) is 14.8. The lowest BCUT2D eigenvalue weighted by atomic mass is 9.95. The van der Waals surface area contributed by atoms with Crippen molar-refractivity contribution in [1.29, 1.82) is 0 Å². The lowest BCUT2D eigenvalue weighted by molar-refractivity contribution is 0.102. The first-order chi connectivity index (χ1) is 29.4. The third kappa shape index (κ3) is 7.88. The van der Waals surface area contributed by atoms with Crippen molar-refractivity contribution < 1.29 is 4.79 Å². The molecule has 9 rings (SSSR count). The molecule has 0 N–H and O–H groups in total. The number of Topliss-reactive ketones (excluding diaryl/α,β-unsaturated/α-hetero) is 1. The number of allylic oxidation sites excluding steroid dienone is 9. The number of ketones is 1. The van der Waals surface area contributed by atoms with Crippen LogP contribution in [0.3, 0.4) is 0 Å². The van der Waals surface area contributed by atoms with Gasteiger partial charge in [-0.3, -0.25) is 4.79 Å². The van der Waals surface area contributed by atoms with E-state index in [2.05, 4.69) is 200 Å². The van der Waals surface area contributed by atoms with Crippen LogP contribution in [0.15, 0.2) is 181 Å². The molecule has 2 heterocycles. The highest BCUT2D eigenvalue weighted by Crippen LogP contribution is 2.36. The lowest BCUT2D eigenvalue weighted by Gasteiger charge is -2.14. The van der Waals surface area contributed by atoms with Gasteiger partial charge in [-0.1, -0.05) is 142 Å². The molecule has 2 aliphatic carbocycles. The minimum atomic E-state index is 0.0473. The van der Waals surface area contributed by atoms with Crippen molar-refractivity contribution in [3.63, 3.8) is 0 Å². The standard InChI is InChI=1S/C56H50N2OS/c1-39(2)37-40(3)56(59)50-35-30-43(42-28-33-45(34-29-42)58-53-24-14-12-20-48(53)49-21-13-15-25-54(49)58)38-55(50)60-36-16-6-7-17-41-26-31-44(32-27-41)57-51-22-10-4-8-18-46(51)47-19-9-5-11-23-52(47)57/h4-15,18,20-21,23-35,38-39H,3,16-17,19,22,36-37H2,1-2H3. The third-order valence-corrected chi connectivity index (χ3v) is 12.7. The number of nitrogens with zero attached hydrogens (tertiary/aromatic N) is 2. The molecule has 0 amide bonds. The van der Waals surface area contributed by atoms with Crippen LogP contribution < -0.4 is 0 Å². The van der Waals surface area contributed by atoms with Crippen molar-refractivity contribution in [3.8, 4) is 22.5 Å². The number of rotatable bonds is 13. The maximum atomic E-state index is 13.8. The minimum Gasteiger partial charge on any atom is -0.313 e. The molecule has 296 valence electrons. The summed E-state index contributed by atoms with van der Waals surface area (Å²) in [5, 5.41) is 2.51. The molecule has 0 spiro atoms. The van der Waals surface area contributed by atoms with Gasteiger partial charge in [0.2, 0.25) is 0 Å². The van der Waals surface area contributed by atoms with Crippen molar-refractivity contribution in [3.05, 3.63) is 210 Å². The Morgan fingerprint density at radius 3 is 2.10 bits per heavy atom. The first-order valence-corrected chi connectivity index (χ1v) is 22.2. The zero-order valence-corrected chi connectivity index (χ0v) is 35.3. The second kappa shape index (κ2) is 17.5. The summed E-state index contributed by atoms with van der Waals surface area (Å²) >= 11 is 1.76. The van der Waals surface area contributed by atoms with Gasteiger partial charge in [0.15, 0.2) is 5.78 Å². The van der Waals surface area contributed by atoms with Gasteiger partial charge in [-0.2, -0.15) is 0 Å². The monoisotopic (exact) mass is 798 g/mol. The van der Waals surface area contributed by atoms with E-state index >= 15 is 0 Å². The van der Waals surface area contributed by atoms with Crippen LogP contribution in [0.25, 0.3) is 56.5 Å². The third-order valence-electron chi connectivity index (χ3n) is 11.6. The fraction of sp³-hybridized carbons (Fsp3) is 0.161. The smallest absolute Gasteiger partial charge is 0.189 e. The van der Waals surface area contributed by atoms with Crippen molar-refractivity contribution in [2.45, 2.75) is 50.8 Å². The SMILES string of the molecule is C=C(CC(C)C)C(=O)c1ccc(-c2ccc(-n3c4ccccc4c4ccccc43)cc2)cc1SCCC=CCc1ccc(-n2c3c(c4c2CC=CC=C4)CC=CC=C3)cc1. The number of aromatic nitrogens is 2. The van der Waals surface area contributed by atoms with E-state index in [1.165, 1.54) is 55.6 Å². The maximum Gasteiger partial charge on any atom is 0.189 e. The second-order valence-corrected chi connectivity index (χ2v) is 17.3. The number of carbonyl (C=O) groups excluding carboxylic acids is 1. The largest absolute Gasteiger partial charge is 0.313 e. The van der Waals surface area contributed by atoms with E-state index in [0.717, 1.165) is 58.7 Å². The molecule has 0 unspecified atom stereocenters. The summed E-state index contributed by atoms with van der Waals surface area (Å²) in [5.74, 6) is 1.29. The molecule has 2 aromatic heterocycles. The molecule has 60 heavy (non-hydrogen) atoms. The van der Waals surface area contributed by atoms with Crippen LogP contribution in [0.4, 0.5) is 0 Å². The van der Waals surface area contributed by atoms with Gasteiger partial charge >= 0.3 is 0 Å². The van der Waals surface area contributed by atoms with Crippen LogP contribution in [0, 0.1) is 5.92 Å². The number of benzene rings is 5. The minimum absolute atomic E-state index is 0.0473. The van der Waals surface area contributed by atoms with Gasteiger partial charge in [0, 0.05) is 56.0 Å². The maximum absolute atomic E-state index is 13.8. The van der Waals surface area contributed by atoms with E-state index in [9.17, 15) is 4.79 Å². The number of fused-ring (bicyclic) bond motifs is 6. The Balaban J connectivity index is 0.900. The zero-order chi connectivity index (χ0) is 41.0. The highest BCUT2D eigenvalue weighted by atomic mass is 32.2. The molecule has 7 aromatic rings. The molecule has 0 fully saturated rings. The van der Waals surface area contributed by atoms with Gasteiger partial charge in [-0.25, -0.2) is 0 Å². The van der Waals surface area contributed by atoms with E-state index in [-0.39, 0.29) is 5.78 Å². The first-order valence-electron chi connectivity index (χ1n) is 21.2. The van der Waals surface area contributed by atoms with Crippen LogP contribution in [-0.2, 0) is 19.3 Å². The first kappa shape index (κ1) is 39.1. The van der Waals surface area contributed by atoms with Gasteiger partial charge in [-0.15, -0.1) is 11.8 Å². The predicted octanol–water partition coefficient (Wildman–Crippen LogP) is 14.6. The molecule has 0 radical (unpaired) electrons. The van der Waals surface area contributed by atoms with Crippen molar-refractivity contribution in [1.82, 2.24) is 9.13 Å². The Bertz CT molecular complexity index is 2830. The Kier molecular flexibility index (Phi) is 11.4. The van der Waals surface area contributed by atoms with Crippen LogP contribution in [0.2, 0.25) is 0 Å². The quantitative estimate of drug-likeness (QED) is 0.0382. The van der Waals surface area contributed by atoms with Crippen LogP contribution >= 0.6 is 11.8 Å². The van der Waals surface area contributed by atoms with Gasteiger partial charge in [0.1, 0.15) is 0 Å². The summed E-state index contributed by atoms with van der Waals surface area (Å²) in [5.41, 5.74) is 15.0. The number of carbonyl (C=O) groups is 1. The zero-order valence-electron chi connectivity index (χ0n) is 34.5. The average molecular weight is 799 g/mol. The van der Waals surface area contributed by atoms with Gasteiger partial charge in [0.05, 0.1) is 16.7 Å². The molecule has 0 aliphatic heterocycles. The highest BCUT2D eigenvalue weighted by molar-refractivity contribution is 7.99. The molecule has 0 atom stereocenters. The summed E-state index contributed by atoms with van der Waals surface area (Å²) in [6.07, 6.45) is 26.5. The Hall–Kier alpha value is -6.36. The Morgan fingerprint density at radius 2 is 1.37 bits per heavy atom. The Morgan fingerprint density at radius 1 is 0.717 bits per heavy atom. The summed E-state index contributed by atoms with van der Waals surface area (Å²) < 4.78 is 4.79. The number of para-hydroxylation sites is 2. The molecular formula is C56H50N2OS. The normalized spacial score (nSPS) is 13.3. The number of hydrogen-bond donors (Lipinski definition) is 0. The number of thioether (sulfide) groups is 1. The molecule has 3 nitrogen and oxygen atoms in total. The molecular weight excluding hydrogens is 749 g/mol. The second-order valence-electron chi connectivity index (χ2n) is 16.2. The van der Waals surface area contributed by atoms with Crippen molar-refractivity contribution in [2.75, 3.05) is 5.75 Å². The fourth-order valence-electron chi connectivity index (χ4n) is 8.76. The van der Waals surface area contributed by atoms with E-state index in [4.69, 9.17) is 0 Å².